The van der Waals surface area contributed by atoms with Crippen molar-refractivity contribution in [1.29, 1.82) is 0 Å². The van der Waals surface area contributed by atoms with Gasteiger partial charge in [-0.25, -0.2) is 9.69 Å². The van der Waals surface area contributed by atoms with Crippen LogP contribution in [-0.4, -0.2) is 40.9 Å². The Morgan fingerprint density at radius 3 is 2.41 bits per heavy atom. The van der Waals surface area contributed by atoms with Gasteiger partial charge in [0.2, 0.25) is 5.78 Å². The summed E-state index contributed by atoms with van der Waals surface area (Å²) in [6, 6.07) is 0. The van der Waals surface area contributed by atoms with Gasteiger partial charge in [-0.3, -0.25) is 14.4 Å². The Labute approximate surface area is 158 Å². The molecule has 1 saturated carbocycles. The molecule has 146 valence electrons. The fourth-order valence-electron chi connectivity index (χ4n) is 3.84. The average Bonchev–Trinajstić information content (AvgIpc) is 2.76. The second-order valence-corrected chi connectivity index (χ2v) is 8.18. The molecule has 0 spiro atoms. The van der Waals surface area contributed by atoms with Crippen molar-refractivity contribution in [3.8, 4) is 0 Å². The first kappa shape index (κ1) is 19.3. The molecule has 2 fully saturated rings. The first-order valence-corrected chi connectivity index (χ1v) is 9.30. The molecule has 3 aliphatic rings. The van der Waals surface area contributed by atoms with Crippen LogP contribution in [0.4, 0.5) is 4.79 Å². The molecule has 1 atom stereocenters. The Balaban J connectivity index is 1.91. The predicted molar refractivity (Wildman–Crippen MR) is 95.3 cm³/mol. The summed E-state index contributed by atoms with van der Waals surface area (Å²) >= 11 is 0. The van der Waals surface area contributed by atoms with Crippen LogP contribution in [0.25, 0.3) is 0 Å². The third-order valence-electron chi connectivity index (χ3n) is 5.29. The number of imide groups is 1. The molecule has 0 radical (unpaired) electrons. The van der Waals surface area contributed by atoms with Gasteiger partial charge in [0, 0.05) is 5.70 Å². The number of amides is 2. The smallest absolute Gasteiger partial charge is 0.421 e. The first-order valence-electron chi connectivity index (χ1n) is 9.30. The normalized spacial score (nSPS) is 23.9. The predicted octanol–water partition coefficient (Wildman–Crippen LogP) is 2.90. The third kappa shape index (κ3) is 3.19. The highest BCUT2D eigenvalue weighted by atomic mass is 16.6. The molecule has 1 aliphatic heterocycles. The minimum absolute atomic E-state index is 0.245. The summed E-state index contributed by atoms with van der Waals surface area (Å²) in [5.41, 5.74) is -0.371. The van der Waals surface area contributed by atoms with Crippen molar-refractivity contribution in [2.45, 2.75) is 59.0 Å². The molecule has 0 aromatic carbocycles. The molecule has 7 heteroatoms. The van der Waals surface area contributed by atoms with E-state index in [1.807, 2.05) is 0 Å². The SMILES string of the molecule is CCOC(=O)C1(C2=CC=C3C(C2)C(=O)C(=O)N3C(=O)OC(C)(C)C)CCC1. The number of hydrogen-bond donors (Lipinski definition) is 0. The van der Waals surface area contributed by atoms with Crippen LogP contribution in [0.15, 0.2) is 23.4 Å². The number of ketones is 1. The molecular weight excluding hydrogens is 350 g/mol. The van der Waals surface area contributed by atoms with Gasteiger partial charge in [-0.2, -0.15) is 0 Å². The van der Waals surface area contributed by atoms with Gasteiger partial charge < -0.3 is 9.47 Å². The first-order chi connectivity index (χ1) is 12.6. The van der Waals surface area contributed by atoms with Gasteiger partial charge >= 0.3 is 18.0 Å². The zero-order valence-corrected chi connectivity index (χ0v) is 16.2. The van der Waals surface area contributed by atoms with E-state index >= 15 is 0 Å². The number of ether oxygens (including phenoxy) is 2. The number of nitrogens with zero attached hydrogens (tertiary/aromatic N) is 1. The Morgan fingerprint density at radius 2 is 1.89 bits per heavy atom. The van der Waals surface area contributed by atoms with Crippen LogP contribution in [0.5, 0.6) is 0 Å². The molecule has 1 unspecified atom stereocenters. The van der Waals surface area contributed by atoms with Crippen LogP contribution in [-0.2, 0) is 23.9 Å². The zero-order chi connectivity index (χ0) is 20.0. The van der Waals surface area contributed by atoms with Gasteiger partial charge in [0.25, 0.3) is 0 Å². The van der Waals surface area contributed by atoms with Gasteiger partial charge in [-0.15, -0.1) is 0 Å². The lowest BCUT2D eigenvalue weighted by atomic mass is 9.61. The number of rotatable bonds is 3. The van der Waals surface area contributed by atoms with Crippen LogP contribution in [0.2, 0.25) is 0 Å². The molecule has 0 aromatic rings. The summed E-state index contributed by atoms with van der Waals surface area (Å²) in [5, 5.41) is 0. The van der Waals surface area contributed by atoms with Crippen LogP contribution in [0, 0.1) is 11.3 Å². The Hall–Kier alpha value is -2.44. The van der Waals surface area contributed by atoms with E-state index < -0.39 is 34.7 Å². The second-order valence-electron chi connectivity index (χ2n) is 8.18. The number of Topliss-reactive ketones (excluding diaryl/α,β-unsaturated/α-hetero) is 1. The van der Waals surface area contributed by atoms with E-state index in [9.17, 15) is 19.2 Å². The number of esters is 1. The molecule has 0 N–H and O–H groups in total. The van der Waals surface area contributed by atoms with Gasteiger partial charge in [0.05, 0.1) is 17.9 Å². The number of carbonyl (C=O) groups is 4. The molecule has 1 heterocycles. The maximum absolute atomic E-state index is 12.5. The highest BCUT2D eigenvalue weighted by Crippen LogP contribution is 2.52. The summed E-state index contributed by atoms with van der Waals surface area (Å²) < 4.78 is 10.5. The quantitative estimate of drug-likeness (QED) is 0.556. The molecule has 2 amide bonds. The molecule has 1 saturated heterocycles. The lowest BCUT2D eigenvalue weighted by Crippen LogP contribution is -2.42. The third-order valence-corrected chi connectivity index (χ3v) is 5.29. The largest absolute Gasteiger partial charge is 0.465 e. The maximum Gasteiger partial charge on any atom is 0.421 e. The fourth-order valence-corrected chi connectivity index (χ4v) is 3.84. The van der Waals surface area contributed by atoms with E-state index in [-0.39, 0.29) is 12.4 Å². The standard InChI is InChI=1S/C20H25NO6/c1-5-26-17(24)20(9-6-10-20)12-7-8-14-13(11-12)15(22)16(23)21(14)18(25)27-19(2,3)4/h7-8,13H,5-6,9-11H2,1-4H3. The summed E-state index contributed by atoms with van der Waals surface area (Å²) in [6.45, 7) is 7.13. The van der Waals surface area contributed by atoms with Crippen molar-refractivity contribution < 1.29 is 28.7 Å². The fraction of sp³-hybridized carbons (Fsp3) is 0.600. The topological polar surface area (TPSA) is 90.0 Å². The van der Waals surface area contributed by atoms with E-state index in [4.69, 9.17) is 9.47 Å². The van der Waals surface area contributed by atoms with Crippen LogP contribution in [0.3, 0.4) is 0 Å². The maximum atomic E-state index is 12.5. The van der Waals surface area contributed by atoms with Crippen LogP contribution < -0.4 is 0 Å². The van der Waals surface area contributed by atoms with Crippen molar-refractivity contribution in [3.05, 3.63) is 23.4 Å². The van der Waals surface area contributed by atoms with E-state index in [0.29, 0.717) is 25.1 Å². The molecular formula is C20H25NO6. The summed E-state index contributed by atoms with van der Waals surface area (Å²) in [6.07, 6.45) is 5.00. The number of hydrogen-bond acceptors (Lipinski definition) is 6. The summed E-state index contributed by atoms with van der Waals surface area (Å²) in [7, 11) is 0. The number of fused-ring (bicyclic) bond motifs is 1. The van der Waals surface area contributed by atoms with Crippen molar-refractivity contribution in [1.82, 2.24) is 4.90 Å². The van der Waals surface area contributed by atoms with E-state index in [0.717, 1.165) is 16.9 Å². The lowest BCUT2D eigenvalue weighted by Gasteiger charge is -2.42. The van der Waals surface area contributed by atoms with E-state index in [1.165, 1.54) is 0 Å². The Morgan fingerprint density at radius 1 is 1.22 bits per heavy atom. The monoisotopic (exact) mass is 375 g/mol. The van der Waals surface area contributed by atoms with Crippen LogP contribution in [0.1, 0.15) is 53.4 Å². The molecule has 0 bridgehead atoms. The number of carbonyl (C=O) groups excluding carboxylic acids is 4. The molecule has 27 heavy (non-hydrogen) atoms. The van der Waals surface area contributed by atoms with Crippen molar-refractivity contribution in [2.24, 2.45) is 11.3 Å². The van der Waals surface area contributed by atoms with E-state index in [1.54, 1.807) is 39.8 Å². The number of allylic oxidation sites excluding steroid dienone is 3. The van der Waals surface area contributed by atoms with E-state index in [2.05, 4.69) is 0 Å². The van der Waals surface area contributed by atoms with Crippen molar-refractivity contribution >= 4 is 23.8 Å². The minimum atomic E-state index is -0.881. The van der Waals surface area contributed by atoms with Gasteiger partial charge in [-0.05, 0) is 53.0 Å². The highest BCUT2D eigenvalue weighted by molar-refractivity contribution is 6.43. The van der Waals surface area contributed by atoms with Crippen LogP contribution >= 0.6 is 0 Å². The lowest BCUT2D eigenvalue weighted by molar-refractivity contribution is -0.158. The molecule has 3 rings (SSSR count). The Kier molecular flexibility index (Phi) is 4.74. The second kappa shape index (κ2) is 6.62. The Bertz CT molecular complexity index is 766. The molecule has 2 aliphatic carbocycles. The average molecular weight is 375 g/mol. The highest BCUT2D eigenvalue weighted by Gasteiger charge is 2.54. The number of likely N-dealkylation sites (tertiary alicyclic amines) is 1. The molecule has 7 nitrogen and oxygen atoms in total. The zero-order valence-electron chi connectivity index (χ0n) is 16.2. The minimum Gasteiger partial charge on any atom is -0.465 e. The van der Waals surface area contributed by atoms with Crippen molar-refractivity contribution in [2.75, 3.05) is 6.61 Å². The van der Waals surface area contributed by atoms with Crippen molar-refractivity contribution in [3.63, 3.8) is 0 Å². The molecule has 0 aromatic heterocycles. The van der Waals surface area contributed by atoms with Gasteiger partial charge in [0.1, 0.15) is 5.60 Å². The summed E-state index contributed by atoms with van der Waals surface area (Å²) in [5.74, 6) is -2.55. The van der Waals surface area contributed by atoms with Gasteiger partial charge in [0.15, 0.2) is 0 Å². The van der Waals surface area contributed by atoms with Gasteiger partial charge in [-0.1, -0.05) is 18.1 Å². The summed E-state index contributed by atoms with van der Waals surface area (Å²) in [4.78, 5) is 50.6.